The first-order valence-corrected chi connectivity index (χ1v) is 10.1. The Labute approximate surface area is 180 Å². The molecular formula is C26H23NO4. The Bertz CT molecular complexity index is 1340. The van der Waals surface area contributed by atoms with Crippen LogP contribution < -0.4 is 10.7 Å². The van der Waals surface area contributed by atoms with Crippen molar-refractivity contribution >= 4 is 22.6 Å². The van der Waals surface area contributed by atoms with Crippen molar-refractivity contribution in [3.63, 3.8) is 0 Å². The van der Waals surface area contributed by atoms with E-state index in [1.54, 1.807) is 31.2 Å². The van der Waals surface area contributed by atoms with Gasteiger partial charge in [-0.25, -0.2) is 4.79 Å². The molecule has 0 spiro atoms. The lowest BCUT2D eigenvalue weighted by atomic mass is 9.98. The predicted octanol–water partition coefficient (Wildman–Crippen LogP) is 5.95. The topological polar surface area (TPSA) is 79.5 Å². The van der Waals surface area contributed by atoms with Crippen LogP contribution in [0.15, 0.2) is 75.9 Å². The SMILES string of the molecule is Cc1cc([C@H](C)Nc2ccccc2C(=O)O)c2oc(-c3ccccc3)c(C)c(=O)c2c1. The van der Waals surface area contributed by atoms with Crippen LogP contribution in [-0.2, 0) is 0 Å². The zero-order valence-corrected chi connectivity index (χ0v) is 17.6. The Kier molecular flexibility index (Phi) is 5.34. The van der Waals surface area contributed by atoms with Gasteiger partial charge in [0.25, 0.3) is 0 Å². The van der Waals surface area contributed by atoms with Crippen LogP contribution in [0.4, 0.5) is 5.69 Å². The molecule has 0 fully saturated rings. The summed E-state index contributed by atoms with van der Waals surface area (Å²) in [6, 6.07) is 19.8. The van der Waals surface area contributed by atoms with Crippen molar-refractivity contribution in [2.75, 3.05) is 5.32 Å². The fourth-order valence-corrected chi connectivity index (χ4v) is 3.86. The fraction of sp³-hybridized carbons (Fsp3) is 0.154. The number of carboxylic acid groups (broad SMARTS) is 1. The number of hydrogen-bond acceptors (Lipinski definition) is 4. The standard InChI is InChI=1S/C26H23NO4/c1-15-13-20(17(3)27-22-12-8-7-11-19(22)26(29)30)25-21(14-15)23(28)16(2)24(31-25)18-9-5-4-6-10-18/h4-14,17,27H,1-3H3,(H,29,30)/t17-/m0/s1. The molecule has 31 heavy (non-hydrogen) atoms. The van der Waals surface area contributed by atoms with Crippen molar-refractivity contribution in [3.8, 4) is 11.3 Å². The van der Waals surface area contributed by atoms with Gasteiger partial charge in [-0.3, -0.25) is 4.79 Å². The fourth-order valence-electron chi connectivity index (χ4n) is 3.86. The molecule has 156 valence electrons. The van der Waals surface area contributed by atoms with E-state index in [9.17, 15) is 14.7 Å². The summed E-state index contributed by atoms with van der Waals surface area (Å²) in [5, 5.41) is 13.3. The van der Waals surface area contributed by atoms with E-state index in [1.165, 1.54) is 0 Å². The first kappa shape index (κ1) is 20.4. The Morgan fingerprint density at radius 3 is 2.39 bits per heavy atom. The van der Waals surface area contributed by atoms with Crippen molar-refractivity contribution < 1.29 is 14.3 Å². The second-order valence-corrected chi connectivity index (χ2v) is 7.70. The average Bonchev–Trinajstić information content (AvgIpc) is 2.77. The van der Waals surface area contributed by atoms with E-state index >= 15 is 0 Å². The van der Waals surface area contributed by atoms with Gasteiger partial charge in [0, 0.05) is 22.4 Å². The highest BCUT2D eigenvalue weighted by Crippen LogP contribution is 2.32. The summed E-state index contributed by atoms with van der Waals surface area (Å²) in [4.78, 5) is 24.8. The second-order valence-electron chi connectivity index (χ2n) is 7.70. The van der Waals surface area contributed by atoms with E-state index in [0.717, 1.165) is 16.7 Å². The Balaban J connectivity index is 1.89. The molecule has 0 aliphatic rings. The molecule has 1 aromatic heterocycles. The van der Waals surface area contributed by atoms with Crippen LogP contribution in [0.5, 0.6) is 0 Å². The molecule has 0 aliphatic carbocycles. The van der Waals surface area contributed by atoms with Gasteiger partial charge in [0.1, 0.15) is 11.3 Å². The van der Waals surface area contributed by atoms with Crippen LogP contribution in [0.2, 0.25) is 0 Å². The molecule has 0 saturated carbocycles. The van der Waals surface area contributed by atoms with E-state index in [-0.39, 0.29) is 17.0 Å². The highest BCUT2D eigenvalue weighted by molar-refractivity contribution is 5.94. The number of aromatic carboxylic acids is 1. The van der Waals surface area contributed by atoms with E-state index in [4.69, 9.17) is 4.42 Å². The monoisotopic (exact) mass is 413 g/mol. The third-order valence-electron chi connectivity index (χ3n) is 5.42. The number of carboxylic acids is 1. The maximum Gasteiger partial charge on any atom is 0.337 e. The van der Waals surface area contributed by atoms with E-state index < -0.39 is 5.97 Å². The molecule has 0 radical (unpaired) electrons. The minimum atomic E-state index is -1.00. The van der Waals surface area contributed by atoms with Crippen molar-refractivity contribution in [2.45, 2.75) is 26.8 Å². The molecule has 4 rings (SSSR count). The third kappa shape index (κ3) is 3.82. The summed E-state index contributed by atoms with van der Waals surface area (Å²) in [7, 11) is 0. The summed E-state index contributed by atoms with van der Waals surface area (Å²) in [5.74, 6) is -0.459. The van der Waals surface area contributed by atoms with Gasteiger partial charge < -0.3 is 14.8 Å². The predicted molar refractivity (Wildman–Crippen MR) is 123 cm³/mol. The highest BCUT2D eigenvalue weighted by Gasteiger charge is 2.20. The average molecular weight is 413 g/mol. The Hall–Kier alpha value is -3.86. The normalized spacial score (nSPS) is 12.0. The van der Waals surface area contributed by atoms with E-state index in [0.29, 0.717) is 28.0 Å². The summed E-state index contributed by atoms with van der Waals surface area (Å²) < 4.78 is 6.33. The minimum absolute atomic E-state index is 0.0665. The Morgan fingerprint density at radius 1 is 1.00 bits per heavy atom. The van der Waals surface area contributed by atoms with Crippen LogP contribution in [0.25, 0.3) is 22.3 Å². The van der Waals surface area contributed by atoms with Crippen molar-refractivity contribution in [3.05, 3.63) is 99.2 Å². The van der Waals surface area contributed by atoms with Crippen LogP contribution in [0, 0.1) is 13.8 Å². The number of rotatable bonds is 5. The van der Waals surface area contributed by atoms with Crippen LogP contribution in [-0.4, -0.2) is 11.1 Å². The largest absolute Gasteiger partial charge is 0.478 e. The molecule has 0 amide bonds. The maximum atomic E-state index is 13.2. The van der Waals surface area contributed by atoms with Gasteiger partial charge in [0.05, 0.1) is 17.0 Å². The highest BCUT2D eigenvalue weighted by atomic mass is 16.4. The molecule has 1 atom stereocenters. The van der Waals surface area contributed by atoms with Gasteiger partial charge in [-0.15, -0.1) is 0 Å². The molecule has 0 aliphatic heterocycles. The molecule has 0 saturated heterocycles. The van der Waals surface area contributed by atoms with Gasteiger partial charge in [-0.05, 0) is 44.5 Å². The minimum Gasteiger partial charge on any atom is -0.478 e. The van der Waals surface area contributed by atoms with Crippen LogP contribution in [0.1, 0.15) is 40.0 Å². The zero-order valence-electron chi connectivity index (χ0n) is 17.6. The first-order valence-electron chi connectivity index (χ1n) is 10.1. The molecule has 2 N–H and O–H groups in total. The van der Waals surface area contributed by atoms with Gasteiger partial charge >= 0.3 is 5.97 Å². The number of carbonyl (C=O) groups is 1. The van der Waals surface area contributed by atoms with Crippen molar-refractivity contribution in [2.24, 2.45) is 0 Å². The zero-order chi connectivity index (χ0) is 22.1. The number of benzene rings is 3. The molecule has 5 heteroatoms. The second kappa shape index (κ2) is 8.11. The van der Waals surface area contributed by atoms with E-state index in [1.807, 2.05) is 56.3 Å². The molecule has 0 bridgehead atoms. The number of anilines is 1. The molecule has 0 unspecified atom stereocenters. The molecule has 1 heterocycles. The number of nitrogens with one attached hydrogen (secondary N) is 1. The van der Waals surface area contributed by atoms with Gasteiger partial charge in [-0.1, -0.05) is 48.5 Å². The van der Waals surface area contributed by atoms with Crippen molar-refractivity contribution in [1.82, 2.24) is 0 Å². The molecular weight excluding hydrogens is 390 g/mol. The molecule has 4 aromatic rings. The van der Waals surface area contributed by atoms with Crippen molar-refractivity contribution in [1.29, 1.82) is 0 Å². The summed E-state index contributed by atoms with van der Waals surface area (Å²) in [6.07, 6.45) is 0. The number of aryl methyl sites for hydroxylation is 1. The van der Waals surface area contributed by atoms with E-state index in [2.05, 4.69) is 5.32 Å². The number of fused-ring (bicyclic) bond motifs is 1. The maximum absolute atomic E-state index is 13.2. The van der Waals surface area contributed by atoms with Gasteiger partial charge in [0.15, 0.2) is 5.43 Å². The van der Waals surface area contributed by atoms with Crippen LogP contribution in [0.3, 0.4) is 0 Å². The van der Waals surface area contributed by atoms with Gasteiger partial charge in [0.2, 0.25) is 0 Å². The lowest BCUT2D eigenvalue weighted by molar-refractivity contribution is 0.0698. The smallest absolute Gasteiger partial charge is 0.337 e. The van der Waals surface area contributed by atoms with Crippen LogP contribution >= 0.6 is 0 Å². The summed E-state index contributed by atoms with van der Waals surface area (Å²) in [6.45, 7) is 5.63. The lowest BCUT2D eigenvalue weighted by Crippen LogP contribution is -2.14. The van der Waals surface area contributed by atoms with Gasteiger partial charge in [-0.2, -0.15) is 0 Å². The summed E-state index contributed by atoms with van der Waals surface area (Å²) in [5.41, 5.74) is 4.26. The quantitative estimate of drug-likeness (QED) is 0.423. The number of hydrogen-bond donors (Lipinski definition) is 2. The molecule has 5 nitrogen and oxygen atoms in total. The molecule has 3 aromatic carbocycles. The summed E-state index contributed by atoms with van der Waals surface area (Å²) >= 11 is 0. The lowest BCUT2D eigenvalue weighted by Gasteiger charge is -2.20. The Morgan fingerprint density at radius 2 is 1.68 bits per heavy atom. The third-order valence-corrected chi connectivity index (χ3v) is 5.42. The number of para-hydroxylation sites is 1. The first-order chi connectivity index (χ1) is 14.9.